The molecule has 0 unspecified atom stereocenters. The molecule has 4 heteroatoms. The normalized spacial score (nSPS) is 11.0. The number of carbonyl (C=O) groups excluding carboxylic acids is 1. The molecule has 104 valence electrons. The molecule has 0 N–H and O–H groups in total. The Hall–Kier alpha value is -2.36. The van der Waals surface area contributed by atoms with Gasteiger partial charge in [0, 0.05) is 33.0 Å². The van der Waals surface area contributed by atoms with Gasteiger partial charge in [-0.2, -0.15) is 5.10 Å². The number of anilines is 1. The summed E-state index contributed by atoms with van der Waals surface area (Å²) in [5.74, 6) is -0.0210. The van der Waals surface area contributed by atoms with Gasteiger partial charge < -0.3 is 4.90 Å². The zero-order valence-corrected chi connectivity index (χ0v) is 12.3. The van der Waals surface area contributed by atoms with E-state index in [2.05, 4.69) is 5.10 Å². The van der Waals surface area contributed by atoms with Crippen LogP contribution in [-0.4, -0.2) is 29.7 Å². The average molecular weight is 269 g/mol. The number of rotatable bonds is 4. The Balaban J connectivity index is 2.13. The maximum atomic E-state index is 12.1. The zero-order chi connectivity index (χ0) is 14.7. The highest BCUT2D eigenvalue weighted by Crippen LogP contribution is 2.14. The molecule has 0 saturated carbocycles. The lowest BCUT2D eigenvalue weighted by Gasteiger charge is -2.11. The van der Waals surface area contributed by atoms with Crippen molar-refractivity contribution in [1.29, 1.82) is 0 Å². The van der Waals surface area contributed by atoms with Crippen molar-refractivity contribution in [2.75, 3.05) is 19.0 Å². The van der Waals surface area contributed by atoms with Gasteiger partial charge in [-0.25, -0.2) is 0 Å². The van der Waals surface area contributed by atoms with E-state index in [-0.39, 0.29) is 5.78 Å². The van der Waals surface area contributed by atoms with Crippen molar-refractivity contribution in [2.45, 2.75) is 6.92 Å². The molecular weight excluding hydrogens is 250 g/mol. The van der Waals surface area contributed by atoms with Gasteiger partial charge in [0.1, 0.15) is 0 Å². The summed E-state index contributed by atoms with van der Waals surface area (Å²) in [5.41, 5.74) is 3.54. The lowest BCUT2D eigenvalue weighted by atomic mass is 10.1. The summed E-state index contributed by atoms with van der Waals surface area (Å²) < 4.78 is 1.66. The van der Waals surface area contributed by atoms with E-state index in [0.29, 0.717) is 5.56 Å². The van der Waals surface area contributed by atoms with Crippen molar-refractivity contribution in [3.63, 3.8) is 0 Å². The Morgan fingerprint density at radius 3 is 2.40 bits per heavy atom. The van der Waals surface area contributed by atoms with Crippen LogP contribution >= 0.6 is 0 Å². The number of ketones is 1. The second kappa shape index (κ2) is 5.74. The minimum Gasteiger partial charge on any atom is -0.378 e. The van der Waals surface area contributed by atoms with E-state index < -0.39 is 0 Å². The topological polar surface area (TPSA) is 38.1 Å². The van der Waals surface area contributed by atoms with Crippen molar-refractivity contribution in [3.05, 3.63) is 53.4 Å². The van der Waals surface area contributed by atoms with E-state index in [1.807, 2.05) is 63.3 Å². The SMILES string of the molecule is Cc1nn(C)cc1C(=O)/C=C/c1ccc(N(C)C)cc1. The van der Waals surface area contributed by atoms with E-state index in [1.54, 1.807) is 17.0 Å². The summed E-state index contributed by atoms with van der Waals surface area (Å²) in [5, 5.41) is 4.17. The molecule has 1 aromatic carbocycles. The molecule has 0 bridgehead atoms. The first-order valence-electron chi connectivity index (χ1n) is 6.47. The standard InChI is InChI=1S/C16H19N3O/c1-12-15(11-19(4)17-12)16(20)10-7-13-5-8-14(9-6-13)18(2)3/h5-11H,1-4H3/b10-7+. The number of nitrogens with zero attached hydrogens (tertiary/aromatic N) is 3. The lowest BCUT2D eigenvalue weighted by Crippen LogP contribution is -2.07. The summed E-state index contributed by atoms with van der Waals surface area (Å²) in [6.45, 7) is 1.84. The summed E-state index contributed by atoms with van der Waals surface area (Å²) >= 11 is 0. The molecule has 2 rings (SSSR count). The molecular formula is C16H19N3O. The highest BCUT2D eigenvalue weighted by Gasteiger charge is 2.09. The van der Waals surface area contributed by atoms with Crippen molar-refractivity contribution in [3.8, 4) is 0 Å². The van der Waals surface area contributed by atoms with E-state index in [0.717, 1.165) is 16.9 Å². The number of aromatic nitrogens is 2. The maximum absolute atomic E-state index is 12.1. The number of hydrogen-bond acceptors (Lipinski definition) is 3. The summed E-state index contributed by atoms with van der Waals surface area (Å²) in [6.07, 6.45) is 5.17. The first-order chi connectivity index (χ1) is 9.47. The van der Waals surface area contributed by atoms with E-state index in [9.17, 15) is 4.79 Å². The quantitative estimate of drug-likeness (QED) is 0.632. The zero-order valence-electron chi connectivity index (χ0n) is 12.3. The van der Waals surface area contributed by atoms with Crippen LogP contribution in [0.25, 0.3) is 6.08 Å². The molecule has 0 radical (unpaired) electrons. The smallest absolute Gasteiger partial charge is 0.189 e. The third-order valence-corrected chi connectivity index (χ3v) is 3.12. The Bertz CT molecular complexity index is 636. The molecule has 0 fully saturated rings. The number of allylic oxidation sites excluding steroid dienone is 1. The number of carbonyl (C=O) groups is 1. The molecule has 0 atom stereocenters. The van der Waals surface area contributed by atoms with Crippen molar-refractivity contribution in [1.82, 2.24) is 9.78 Å². The largest absolute Gasteiger partial charge is 0.378 e. The molecule has 0 saturated heterocycles. The molecule has 2 aromatic rings. The first-order valence-corrected chi connectivity index (χ1v) is 6.47. The van der Waals surface area contributed by atoms with Gasteiger partial charge in [-0.1, -0.05) is 18.2 Å². The van der Waals surface area contributed by atoms with Crippen molar-refractivity contribution < 1.29 is 4.79 Å². The summed E-state index contributed by atoms with van der Waals surface area (Å²) in [4.78, 5) is 14.1. The first kappa shape index (κ1) is 14.1. The molecule has 0 aliphatic rings. The minimum absolute atomic E-state index is 0.0210. The predicted octanol–water partition coefficient (Wildman–Crippen LogP) is 2.69. The lowest BCUT2D eigenvalue weighted by molar-refractivity contribution is 0.104. The van der Waals surface area contributed by atoms with Crippen LogP contribution in [0.15, 0.2) is 36.5 Å². The van der Waals surface area contributed by atoms with Crippen LogP contribution in [0.2, 0.25) is 0 Å². The van der Waals surface area contributed by atoms with Crippen LogP contribution in [0.5, 0.6) is 0 Å². The van der Waals surface area contributed by atoms with Crippen LogP contribution in [0.3, 0.4) is 0 Å². The Labute approximate surface area is 119 Å². The van der Waals surface area contributed by atoms with Gasteiger partial charge in [0.15, 0.2) is 5.78 Å². The van der Waals surface area contributed by atoms with E-state index in [1.165, 1.54) is 0 Å². The van der Waals surface area contributed by atoms with Crippen LogP contribution in [-0.2, 0) is 7.05 Å². The van der Waals surface area contributed by atoms with Crippen LogP contribution in [0.4, 0.5) is 5.69 Å². The summed E-state index contributed by atoms with van der Waals surface area (Å²) in [6, 6.07) is 8.05. The molecule has 0 amide bonds. The van der Waals surface area contributed by atoms with Crippen molar-refractivity contribution in [2.24, 2.45) is 7.05 Å². The van der Waals surface area contributed by atoms with Gasteiger partial charge in [-0.15, -0.1) is 0 Å². The average Bonchev–Trinajstić information content (AvgIpc) is 2.75. The van der Waals surface area contributed by atoms with Crippen LogP contribution in [0.1, 0.15) is 21.6 Å². The van der Waals surface area contributed by atoms with E-state index in [4.69, 9.17) is 0 Å². The predicted molar refractivity (Wildman–Crippen MR) is 82.1 cm³/mol. The van der Waals surface area contributed by atoms with Gasteiger partial charge in [0.05, 0.1) is 11.3 Å². The Morgan fingerprint density at radius 1 is 1.25 bits per heavy atom. The number of benzene rings is 1. The minimum atomic E-state index is -0.0210. The van der Waals surface area contributed by atoms with Crippen LogP contribution in [0, 0.1) is 6.92 Å². The van der Waals surface area contributed by atoms with Gasteiger partial charge in [0.2, 0.25) is 0 Å². The summed E-state index contributed by atoms with van der Waals surface area (Å²) in [7, 11) is 5.81. The third kappa shape index (κ3) is 3.15. The van der Waals surface area contributed by atoms with Crippen molar-refractivity contribution >= 4 is 17.5 Å². The fourth-order valence-corrected chi connectivity index (χ4v) is 1.99. The highest BCUT2D eigenvalue weighted by molar-refractivity contribution is 6.07. The third-order valence-electron chi connectivity index (χ3n) is 3.12. The van der Waals surface area contributed by atoms with Gasteiger partial charge in [-0.05, 0) is 30.7 Å². The molecule has 20 heavy (non-hydrogen) atoms. The second-order valence-electron chi connectivity index (χ2n) is 4.99. The number of aryl methyl sites for hydroxylation is 2. The molecule has 0 aliphatic carbocycles. The highest BCUT2D eigenvalue weighted by atomic mass is 16.1. The molecule has 4 nitrogen and oxygen atoms in total. The Kier molecular flexibility index (Phi) is 4.03. The maximum Gasteiger partial charge on any atom is 0.189 e. The molecule has 1 aromatic heterocycles. The number of hydrogen-bond donors (Lipinski definition) is 0. The monoisotopic (exact) mass is 269 g/mol. The molecule has 1 heterocycles. The second-order valence-corrected chi connectivity index (χ2v) is 4.99. The fraction of sp³-hybridized carbons (Fsp3) is 0.250. The van der Waals surface area contributed by atoms with Gasteiger partial charge in [0.25, 0.3) is 0 Å². The molecule has 0 spiro atoms. The fourth-order valence-electron chi connectivity index (χ4n) is 1.99. The van der Waals surface area contributed by atoms with Gasteiger partial charge in [-0.3, -0.25) is 9.48 Å². The molecule has 0 aliphatic heterocycles. The van der Waals surface area contributed by atoms with Crippen LogP contribution < -0.4 is 4.90 Å². The Morgan fingerprint density at radius 2 is 1.90 bits per heavy atom. The van der Waals surface area contributed by atoms with E-state index >= 15 is 0 Å². The van der Waals surface area contributed by atoms with Gasteiger partial charge >= 0.3 is 0 Å².